The minimum atomic E-state index is -0.666. The third-order valence-corrected chi connectivity index (χ3v) is 4.97. The highest BCUT2D eigenvalue weighted by Gasteiger charge is 2.37. The molecule has 0 spiro atoms. The molecule has 1 heterocycles. The number of hydrogen-bond acceptors (Lipinski definition) is 4. The average molecular weight is 395 g/mol. The van der Waals surface area contributed by atoms with Crippen LogP contribution in [0.5, 0.6) is 5.75 Å². The molecule has 0 radical (unpaired) electrons. The van der Waals surface area contributed by atoms with Crippen molar-refractivity contribution >= 4 is 23.5 Å². The van der Waals surface area contributed by atoms with Crippen molar-refractivity contribution in [2.75, 3.05) is 19.0 Å². The predicted octanol–water partition coefficient (Wildman–Crippen LogP) is 2.89. The number of imide groups is 1. The predicted molar refractivity (Wildman–Crippen MR) is 110 cm³/mol. The minimum absolute atomic E-state index is 0.150. The van der Waals surface area contributed by atoms with Gasteiger partial charge >= 0.3 is 6.03 Å². The van der Waals surface area contributed by atoms with E-state index in [0.717, 1.165) is 22.6 Å². The molecule has 1 atom stereocenters. The van der Waals surface area contributed by atoms with Crippen molar-refractivity contribution in [3.63, 3.8) is 0 Å². The SMILES string of the molecule is COc1ccc(CCN2C(=O)NC(CCC(=O)Nc3ccccc3C)C2=O)cc1. The molecule has 2 aromatic rings. The summed E-state index contributed by atoms with van der Waals surface area (Å²) in [5, 5.41) is 5.52. The molecule has 1 unspecified atom stereocenters. The molecule has 3 rings (SSSR count). The summed E-state index contributed by atoms with van der Waals surface area (Å²) in [6, 6.07) is 13.9. The summed E-state index contributed by atoms with van der Waals surface area (Å²) in [5.74, 6) is 0.290. The Morgan fingerprint density at radius 1 is 1.14 bits per heavy atom. The maximum atomic E-state index is 12.6. The summed E-state index contributed by atoms with van der Waals surface area (Å²) < 4.78 is 5.12. The first-order valence-corrected chi connectivity index (χ1v) is 9.58. The fourth-order valence-electron chi connectivity index (χ4n) is 3.22. The number of hydrogen-bond donors (Lipinski definition) is 2. The van der Waals surface area contributed by atoms with Gasteiger partial charge in [-0.3, -0.25) is 14.5 Å². The van der Waals surface area contributed by atoms with E-state index >= 15 is 0 Å². The van der Waals surface area contributed by atoms with E-state index in [0.29, 0.717) is 13.0 Å². The third kappa shape index (κ3) is 5.13. The maximum Gasteiger partial charge on any atom is 0.324 e. The number of anilines is 1. The molecule has 2 aromatic carbocycles. The first-order chi connectivity index (χ1) is 14.0. The van der Waals surface area contributed by atoms with E-state index in [4.69, 9.17) is 4.74 Å². The molecule has 0 aliphatic carbocycles. The van der Waals surface area contributed by atoms with Crippen LogP contribution in [0.25, 0.3) is 0 Å². The Hall–Kier alpha value is -3.35. The Balaban J connectivity index is 1.49. The molecule has 29 heavy (non-hydrogen) atoms. The number of amides is 4. The lowest BCUT2D eigenvalue weighted by Gasteiger charge is -2.13. The molecule has 0 aromatic heterocycles. The highest BCUT2D eigenvalue weighted by atomic mass is 16.5. The van der Waals surface area contributed by atoms with Crippen LogP contribution in [0.4, 0.5) is 10.5 Å². The van der Waals surface area contributed by atoms with E-state index in [-0.39, 0.29) is 24.7 Å². The van der Waals surface area contributed by atoms with Gasteiger partial charge in [0, 0.05) is 18.7 Å². The average Bonchev–Trinajstić information content (AvgIpc) is 3.00. The zero-order chi connectivity index (χ0) is 20.8. The Morgan fingerprint density at radius 3 is 2.55 bits per heavy atom. The van der Waals surface area contributed by atoms with E-state index in [1.165, 1.54) is 4.90 Å². The van der Waals surface area contributed by atoms with E-state index in [1.807, 2.05) is 55.5 Å². The quantitative estimate of drug-likeness (QED) is 0.673. The second kappa shape index (κ2) is 9.23. The van der Waals surface area contributed by atoms with Gasteiger partial charge in [-0.25, -0.2) is 4.79 Å². The van der Waals surface area contributed by atoms with Gasteiger partial charge in [-0.05, 0) is 49.1 Å². The zero-order valence-corrected chi connectivity index (χ0v) is 16.6. The highest BCUT2D eigenvalue weighted by molar-refractivity contribution is 6.04. The number of methoxy groups -OCH3 is 1. The van der Waals surface area contributed by atoms with Crippen molar-refractivity contribution in [1.82, 2.24) is 10.2 Å². The molecule has 7 heteroatoms. The number of aryl methyl sites for hydroxylation is 1. The lowest BCUT2D eigenvalue weighted by atomic mass is 10.1. The Morgan fingerprint density at radius 2 is 1.86 bits per heavy atom. The van der Waals surface area contributed by atoms with Crippen LogP contribution in [0.2, 0.25) is 0 Å². The lowest BCUT2D eigenvalue weighted by Crippen LogP contribution is -2.33. The van der Waals surface area contributed by atoms with E-state index in [9.17, 15) is 14.4 Å². The van der Waals surface area contributed by atoms with Gasteiger partial charge in [0.05, 0.1) is 7.11 Å². The molecule has 1 fully saturated rings. The fourth-order valence-corrected chi connectivity index (χ4v) is 3.22. The molecular formula is C22H25N3O4. The summed E-state index contributed by atoms with van der Waals surface area (Å²) in [6.45, 7) is 2.21. The first-order valence-electron chi connectivity index (χ1n) is 9.58. The number of urea groups is 1. The van der Waals surface area contributed by atoms with E-state index in [1.54, 1.807) is 7.11 Å². The number of carbonyl (C=O) groups is 3. The molecule has 7 nitrogen and oxygen atoms in total. The number of rotatable bonds is 8. The van der Waals surface area contributed by atoms with Crippen LogP contribution in [-0.4, -0.2) is 42.4 Å². The minimum Gasteiger partial charge on any atom is -0.497 e. The maximum absolute atomic E-state index is 12.6. The lowest BCUT2D eigenvalue weighted by molar-refractivity contribution is -0.127. The van der Waals surface area contributed by atoms with Crippen LogP contribution in [0.3, 0.4) is 0 Å². The number of para-hydroxylation sites is 1. The number of nitrogens with zero attached hydrogens (tertiary/aromatic N) is 1. The summed E-state index contributed by atoms with van der Waals surface area (Å²) in [6.07, 6.45) is 0.975. The molecular weight excluding hydrogens is 370 g/mol. The van der Waals surface area contributed by atoms with Gasteiger partial charge in [0.25, 0.3) is 5.91 Å². The molecule has 0 bridgehead atoms. The van der Waals surface area contributed by atoms with Crippen molar-refractivity contribution in [1.29, 1.82) is 0 Å². The van der Waals surface area contributed by atoms with Gasteiger partial charge < -0.3 is 15.4 Å². The van der Waals surface area contributed by atoms with Crippen LogP contribution in [0.15, 0.2) is 48.5 Å². The fraction of sp³-hybridized carbons (Fsp3) is 0.318. The monoisotopic (exact) mass is 395 g/mol. The van der Waals surface area contributed by atoms with Gasteiger partial charge in [-0.1, -0.05) is 30.3 Å². The molecule has 152 valence electrons. The summed E-state index contributed by atoms with van der Waals surface area (Å²) in [4.78, 5) is 38.1. The molecule has 1 saturated heterocycles. The van der Waals surface area contributed by atoms with E-state index < -0.39 is 12.1 Å². The van der Waals surface area contributed by atoms with Crippen LogP contribution in [0, 0.1) is 6.92 Å². The number of carbonyl (C=O) groups excluding carboxylic acids is 3. The van der Waals surface area contributed by atoms with Crippen LogP contribution < -0.4 is 15.4 Å². The third-order valence-electron chi connectivity index (χ3n) is 4.97. The van der Waals surface area contributed by atoms with Crippen molar-refractivity contribution in [2.45, 2.75) is 32.2 Å². The summed E-state index contributed by atoms with van der Waals surface area (Å²) >= 11 is 0. The van der Waals surface area contributed by atoms with Crippen LogP contribution >= 0.6 is 0 Å². The Labute approximate surface area is 170 Å². The van der Waals surface area contributed by atoms with Gasteiger partial charge in [0.1, 0.15) is 11.8 Å². The highest BCUT2D eigenvalue weighted by Crippen LogP contribution is 2.17. The van der Waals surface area contributed by atoms with Crippen LogP contribution in [0.1, 0.15) is 24.0 Å². The van der Waals surface area contributed by atoms with Crippen molar-refractivity contribution in [2.24, 2.45) is 0 Å². The van der Waals surface area contributed by atoms with Gasteiger partial charge in [0.2, 0.25) is 5.91 Å². The topological polar surface area (TPSA) is 87.7 Å². The van der Waals surface area contributed by atoms with Crippen molar-refractivity contribution in [3.05, 3.63) is 59.7 Å². The standard InChI is InChI=1S/C22H25N3O4/c1-15-5-3-4-6-18(15)23-20(26)12-11-19-21(27)25(22(28)24-19)14-13-16-7-9-17(29-2)10-8-16/h3-10,19H,11-14H2,1-2H3,(H,23,26)(H,24,28). The molecule has 1 aliphatic heterocycles. The van der Waals surface area contributed by atoms with Gasteiger partial charge in [-0.2, -0.15) is 0 Å². The molecule has 2 N–H and O–H groups in total. The van der Waals surface area contributed by atoms with Crippen molar-refractivity contribution < 1.29 is 19.1 Å². The van der Waals surface area contributed by atoms with Gasteiger partial charge in [0.15, 0.2) is 0 Å². The Kier molecular flexibility index (Phi) is 6.49. The summed E-state index contributed by atoms with van der Waals surface area (Å²) in [7, 11) is 1.60. The normalized spacial score (nSPS) is 15.9. The number of benzene rings is 2. The summed E-state index contributed by atoms with van der Waals surface area (Å²) in [5.41, 5.74) is 2.73. The molecule has 1 aliphatic rings. The molecule has 4 amide bonds. The number of ether oxygens (including phenoxy) is 1. The first kappa shape index (κ1) is 20.4. The van der Waals surface area contributed by atoms with Gasteiger partial charge in [-0.15, -0.1) is 0 Å². The largest absolute Gasteiger partial charge is 0.497 e. The smallest absolute Gasteiger partial charge is 0.324 e. The second-order valence-corrected chi connectivity index (χ2v) is 6.99. The second-order valence-electron chi connectivity index (χ2n) is 6.99. The van der Waals surface area contributed by atoms with Crippen molar-refractivity contribution in [3.8, 4) is 5.75 Å². The Bertz CT molecular complexity index is 895. The number of nitrogens with one attached hydrogen (secondary N) is 2. The zero-order valence-electron chi connectivity index (χ0n) is 16.6. The molecule has 0 saturated carbocycles. The van der Waals surface area contributed by atoms with Crippen LogP contribution in [-0.2, 0) is 16.0 Å². The van der Waals surface area contributed by atoms with E-state index in [2.05, 4.69) is 10.6 Å².